The normalized spacial score (nSPS) is 18.4. The van der Waals surface area contributed by atoms with Crippen LogP contribution < -0.4 is 16.2 Å². The molecule has 28 heavy (non-hydrogen) atoms. The zero-order valence-electron chi connectivity index (χ0n) is 15.6. The number of hydrogen-bond donors (Lipinski definition) is 2. The van der Waals surface area contributed by atoms with Gasteiger partial charge in [-0.15, -0.1) is 12.4 Å². The molecule has 4 N–H and O–H groups in total. The van der Waals surface area contributed by atoms with Gasteiger partial charge in [0.2, 0.25) is 11.8 Å². The fraction of sp³-hybridized carbons (Fsp3) is 0.333. The van der Waals surface area contributed by atoms with Crippen molar-refractivity contribution >= 4 is 24.2 Å². The highest BCUT2D eigenvalue weighted by Gasteiger charge is 2.34. The highest BCUT2D eigenvalue weighted by atomic mass is 35.5. The van der Waals surface area contributed by atoms with Crippen molar-refractivity contribution in [2.24, 2.45) is 17.4 Å². The van der Waals surface area contributed by atoms with Crippen LogP contribution in [0.3, 0.4) is 0 Å². The molecule has 6 nitrogen and oxygen atoms in total. The number of likely N-dealkylation sites (tertiary alicyclic amines) is 1. The van der Waals surface area contributed by atoms with Crippen molar-refractivity contribution in [3.63, 3.8) is 0 Å². The molecule has 1 heterocycles. The molecular weight excluding hydrogens is 378 g/mol. The lowest BCUT2D eigenvalue weighted by atomic mass is 9.89. The van der Waals surface area contributed by atoms with Gasteiger partial charge in [-0.25, -0.2) is 0 Å². The Labute approximate surface area is 171 Å². The summed E-state index contributed by atoms with van der Waals surface area (Å²) in [5.74, 6) is 0.756. The summed E-state index contributed by atoms with van der Waals surface area (Å²) in [4.78, 5) is 25.5. The van der Waals surface area contributed by atoms with Gasteiger partial charge in [-0.05, 0) is 42.3 Å². The van der Waals surface area contributed by atoms with Gasteiger partial charge >= 0.3 is 0 Å². The summed E-state index contributed by atoms with van der Waals surface area (Å²) >= 11 is 0. The van der Waals surface area contributed by atoms with Crippen molar-refractivity contribution in [2.45, 2.75) is 12.3 Å². The van der Waals surface area contributed by atoms with E-state index in [1.807, 2.05) is 23.1 Å². The van der Waals surface area contributed by atoms with Crippen LogP contribution >= 0.6 is 12.4 Å². The number of primary amides is 1. The van der Waals surface area contributed by atoms with Gasteiger partial charge in [0.15, 0.2) is 0 Å². The summed E-state index contributed by atoms with van der Waals surface area (Å²) in [7, 11) is 0. The van der Waals surface area contributed by atoms with Crippen molar-refractivity contribution in [3.8, 4) is 5.75 Å². The van der Waals surface area contributed by atoms with E-state index in [9.17, 15) is 9.59 Å². The molecule has 0 unspecified atom stereocenters. The SMILES string of the molecule is Cl.NC[C@@H]1CN(C(=O)CCOc2ccc(C(N)=O)cc2)C[C@H]1c1ccccc1. The lowest BCUT2D eigenvalue weighted by Gasteiger charge is -2.17. The van der Waals surface area contributed by atoms with E-state index in [1.54, 1.807) is 24.3 Å². The van der Waals surface area contributed by atoms with E-state index in [1.165, 1.54) is 5.56 Å². The molecule has 0 aliphatic carbocycles. The molecular formula is C21H26ClN3O3. The molecule has 3 rings (SSSR count). The number of halogens is 1. The molecule has 0 radical (unpaired) electrons. The Hall–Kier alpha value is -2.57. The minimum Gasteiger partial charge on any atom is -0.493 e. The van der Waals surface area contributed by atoms with Crippen LogP contribution in [0.5, 0.6) is 5.75 Å². The molecule has 1 fully saturated rings. The maximum atomic E-state index is 12.6. The summed E-state index contributed by atoms with van der Waals surface area (Å²) in [6, 6.07) is 16.8. The molecule has 150 valence electrons. The van der Waals surface area contributed by atoms with Crippen LogP contribution in [0.4, 0.5) is 0 Å². The Bertz CT molecular complexity index is 783. The second-order valence-corrected chi connectivity index (χ2v) is 6.80. The monoisotopic (exact) mass is 403 g/mol. The summed E-state index contributed by atoms with van der Waals surface area (Å²) in [5.41, 5.74) is 12.8. The van der Waals surface area contributed by atoms with Crippen molar-refractivity contribution in [2.75, 3.05) is 26.2 Å². The van der Waals surface area contributed by atoms with Gasteiger partial charge in [0.05, 0.1) is 13.0 Å². The quantitative estimate of drug-likeness (QED) is 0.740. The Morgan fingerprint density at radius 3 is 2.32 bits per heavy atom. The van der Waals surface area contributed by atoms with Gasteiger partial charge in [-0.1, -0.05) is 30.3 Å². The fourth-order valence-electron chi connectivity index (χ4n) is 3.52. The number of amides is 2. The first-order valence-corrected chi connectivity index (χ1v) is 9.14. The Kier molecular flexibility index (Phi) is 7.84. The second-order valence-electron chi connectivity index (χ2n) is 6.80. The second kappa shape index (κ2) is 10.1. The van der Waals surface area contributed by atoms with E-state index in [-0.39, 0.29) is 36.8 Å². The van der Waals surface area contributed by atoms with E-state index in [4.69, 9.17) is 16.2 Å². The Morgan fingerprint density at radius 2 is 1.71 bits per heavy atom. The molecule has 1 saturated heterocycles. The van der Waals surface area contributed by atoms with Gasteiger partial charge < -0.3 is 21.1 Å². The van der Waals surface area contributed by atoms with Gasteiger partial charge in [0, 0.05) is 24.6 Å². The molecule has 2 amide bonds. The number of carbonyl (C=O) groups excluding carboxylic acids is 2. The Morgan fingerprint density at radius 1 is 1.04 bits per heavy atom. The van der Waals surface area contributed by atoms with Crippen LogP contribution in [0, 0.1) is 5.92 Å². The van der Waals surface area contributed by atoms with E-state index in [0.29, 0.717) is 37.4 Å². The van der Waals surface area contributed by atoms with E-state index < -0.39 is 5.91 Å². The molecule has 7 heteroatoms. The van der Waals surface area contributed by atoms with Crippen LogP contribution in [-0.4, -0.2) is 43.0 Å². The summed E-state index contributed by atoms with van der Waals surface area (Å²) < 4.78 is 5.61. The summed E-state index contributed by atoms with van der Waals surface area (Å²) in [6.07, 6.45) is 0.302. The highest BCUT2D eigenvalue weighted by molar-refractivity contribution is 5.92. The predicted octanol–water partition coefficient (Wildman–Crippen LogP) is 2.18. The topological polar surface area (TPSA) is 98.7 Å². The molecule has 2 atom stereocenters. The van der Waals surface area contributed by atoms with Crippen molar-refractivity contribution < 1.29 is 14.3 Å². The predicted molar refractivity (Wildman–Crippen MR) is 111 cm³/mol. The largest absolute Gasteiger partial charge is 0.493 e. The third kappa shape index (κ3) is 5.24. The average molecular weight is 404 g/mol. The van der Waals surface area contributed by atoms with Crippen LogP contribution in [0.1, 0.15) is 28.3 Å². The standard InChI is InChI=1S/C21H25N3O3.ClH/c22-12-17-13-24(14-19(17)15-4-2-1-3-5-15)20(25)10-11-27-18-8-6-16(7-9-18)21(23)26;/h1-9,17,19H,10-14,22H2,(H2,23,26);1H/t17-,19+;/m1./s1. The number of benzene rings is 2. The molecule has 1 aliphatic rings. The van der Waals surface area contributed by atoms with Gasteiger partial charge in [0.25, 0.3) is 0 Å². The van der Waals surface area contributed by atoms with Crippen molar-refractivity contribution in [3.05, 3.63) is 65.7 Å². The van der Waals surface area contributed by atoms with Gasteiger partial charge in [0.1, 0.15) is 5.75 Å². The first kappa shape index (κ1) is 21.7. The van der Waals surface area contributed by atoms with Gasteiger partial charge in [-0.2, -0.15) is 0 Å². The molecule has 0 aromatic heterocycles. The number of nitrogens with zero attached hydrogens (tertiary/aromatic N) is 1. The number of carbonyl (C=O) groups is 2. The molecule has 0 bridgehead atoms. The molecule has 2 aromatic carbocycles. The van der Waals surface area contributed by atoms with Crippen LogP contribution in [0.25, 0.3) is 0 Å². The number of ether oxygens (including phenoxy) is 1. The number of nitrogens with two attached hydrogens (primary N) is 2. The molecule has 0 spiro atoms. The smallest absolute Gasteiger partial charge is 0.248 e. The molecule has 1 aliphatic heterocycles. The maximum Gasteiger partial charge on any atom is 0.248 e. The number of hydrogen-bond acceptors (Lipinski definition) is 4. The Balaban J connectivity index is 0.00000280. The van der Waals surface area contributed by atoms with E-state index in [2.05, 4.69) is 12.1 Å². The average Bonchev–Trinajstić information content (AvgIpc) is 3.13. The third-order valence-corrected chi connectivity index (χ3v) is 5.05. The zero-order chi connectivity index (χ0) is 19.2. The van der Waals surface area contributed by atoms with Gasteiger partial charge in [-0.3, -0.25) is 9.59 Å². The fourth-order valence-corrected chi connectivity index (χ4v) is 3.52. The summed E-state index contributed by atoms with van der Waals surface area (Å²) in [6.45, 7) is 2.22. The van der Waals surface area contributed by atoms with Crippen LogP contribution in [0.15, 0.2) is 54.6 Å². The lowest BCUT2D eigenvalue weighted by molar-refractivity contribution is -0.130. The molecule has 0 saturated carbocycles. The first-order chi connectivity index (χ1) is 13.1. The maximum absolute atomic E-state index is 12.6. The van der Waals surface area contributed by atoms with E-state index >= 15 is 0 Å². The van der Waals surface area contributed by atoms with Crippen molar-refractivity contribution in [1.82, 2.24) is 4.90 Å². The zero-order valence-corrected chi connectivity index (χ0v) is 16.4. The van der Waals surface area contributed by atoms with Crippen LogP contribution in [0.2, 0.25) is 0 Å². The number of rotatable bonds is 7. The van der Waals surface area contributed by atoms with Crippen molar-refractivity contribution in [1.29, 1.82) is 0 Å². The molecule has 2 aromatic rings. The lowest BCUT2D eigenvalue weighted by Crippen LogP contribution is -2.30. The minimum absolute atomic E-state index is 0. The third-order valence-electron chi connectivity index (χ3n) is 5.05. The van der Waals surface area contributed by atoms with Crippen LogP contribution in [-0.2, 0) is 4.79 Å². The summed E-state index contributed by atoms with van der Waals surface area (Å²) in [5, 5.41) is 0. The highest BCUT2D eigenvalue weighted by Crippen LogP contribution is 2.32. The minimum atomic E-state index is -0.479. The first-order valence-electron chi connectivity index (χ1n) is 9.14. The van der Waals surface area contributed by atoms with E-state index in [0.717, 1.165) is 0 Å².